The van der Waals surface area contributed by atoms with Crippen LogP contribution in [-0.4, -0.2) is 22.1 Å². The van der Waals surface area contributed by atoms with E-state index in [1.165, 1.54) is 44.2 Å². The van der Waals surface area contributed by atoms with Crippen molar-refractivity contribution in [1.82, 2.24) is 14.9 Å². The Balaban J connectivity index is 1.74. The number of hydrogen-bond donors (Lipinski definition) is 1. The number of rotatable bonds is 6. The van der Waals surface area contributed by atoms with Crippen LogP contribution in [0.2, 0.25) is 0 Å². The lowest BCUT2D eigenvalue weighted by atomic mass is 10.1. The van der Waals surface area contributed by atoms with Gasteiger partial charge >= 0.3 is 0 Å². The smallest absolute Gasteiger partial charge is 0.0948 e. The molecule has 1 aromatic rings. The van der Waals surface area contributed by atoms with Crippen LogP contribution in [0.3, 0.4) is 0 Å². The molecule has 1 aliphatic rings. The molecule has 0 unspecified atom stereocenters. The minimum absolute atomic E-state index is 0.699. The first-order valence-electron chi connectivity index (χ1n) is 7.98. The summed E-state index contributed by atoms with van der Waals surface area (Å²) in [6, 6.07) is 0.750. The summed E-state index contributed by atoms with van der Waals surface area (Å²) in [6.45, 7) is 6.66. The van der Waals surface area contributed by atoms with E-state index in [1.807, 2.05) is 12.5 Å². The Bertz CT molecular complexity index is 349. The van der Waals surface area contributed by atoms with Gasteiger partial charge in [-0.25, -0.2) is 4.98 Å². The molecule has 0 aromatic carbocycles. The van der Waals surface area contributed by atoms with Crippen LogP contribution in [-0.2, 0) is 13.0 Å². The minimum Gasteiger partial charge on any atom is -0.333 e. The summed E-state index contributed by atoms with van der Waals surface area (Å²) in [5.41, 5.74) is 1.37. The first-order chi connectivity index (χ1) is 9.25. The Morgan fingerprint density at radius 3 is 2.68 bits per heavy atom. The largest absolute Gasteiger partial charge is 0.333 e. The quantitative estimate of drug-likeness (QED) is 0.797. The molecule has 0 radical (unpaired) electrons. The van der Waals surface area contributed by atoms with Crippen LogP contribution in [0, 0.1) is 5.92 Å². The van der Waals surface area contributed by atoms with Crippen molar-refractivity contribution in [2.75, 3.05) is 6.54 Å². The maximum atomic E-state index is 4.29. The molecule has 19 heavy (non-hydrogen) atoms. The lowest BCUT2D eigenvalue weighted by Crippen LogP contribution is -2.31. The van der Waals surface area contributed by atoms with Crippen LogP contribution >= 0.6 is 0 Å². The van der Waals surface area contributed by atoms with E-state index in [9.17, 15) is 0 Å². The zero-order valence-electron chi connectivity index (χ0n) is 12.6. The van der Waals surface area contributed by atoms with Crippen molar-refractivity contribution < 1.29 is 0 Å². The molecular formula is C16H29N3. The molecule has 0 atom stereocenters. The summed E-state index contributed by atoms with van der Waals surface area (Å²) < 4.78 is 2.31. The van der Waals surface area contributed by atoms with Crippen molar-refractivity contribution in [1.29, 1.82) is 0 Å². The molecule has 1 N–H and O–H groups in total. The van der Waals surface area contributed by atoms with E-state index in [-0.39, 0.29) is 0 Å². The number of aromatic nitrogens is 2. The normalized spacial score (nSPS) is 17.8. The molecule has 108 valence electrons. The van der Waals surface area contributed by atoms with Crippen molar-refractivity contribution in [3.8, 4) is 0 Å². The van der Waals surface area contributed by atoms with E-state index in [1.54, 1.807) is 0 Å². The third kappa shape index (κ3) is 4.98. The van der Waals surface area contributed by atoms with E-state index in [4.69, 9.17) is 0 Å². The molecule has 3 heteroatoms. The van der Waals surface area contributed by atoms with Crippen molar-refractivity contribution in [3.05, 3.63) is 18.2 Å². The monoisotopic (exact) mass is 263 g/mol. The highest BCUT2D eigenvalue weighted by Crippen LogP contribution is 2.17. The highest BCUT2D eigenvalue weighted by atomic mass is 15.1. The Labute approximate surface area is 117 Å². The molecule has 1 saturated carbocycles. The molecule has 0 saturated heterocycles. The van der Waals surface area contributed by atoms with Crippen LogP contribution in [0.5, 0.6) is 0 Å². The molecule has 0 aliphatic heterocycles. The van der Waals surface area contributed by atoms with Gasteiger partial charge in [-0.15, -0.1) is 0 Å². The number of hydrogen-bond acceptors (Lipinski definition) is 2. The standard InChI is InChI=1S/C16H29N3/c1-14(2)11-16-12-17-13-19(16)10-9-18-15-7-5-3-4-6-8-15/h12-15,18H,3-11H2,1-2H3. The molecular weight excluding hydrogens is 234 g/mol. The Morgan fingerprint density at radius 1 is 1.26 bits per heavy atom. The molecule has 2 rings (SSSR count). The summed E-state index contributed by atoms with van der Waals surface area (Å²) in [4.78, 5) is 4.29. The van der Waals surface area contributed by atoms with Crippen LogP contribution in [0.4, 0.5) is 0 Å². The third-order valence-corrected chi connectivity index (χ3v) is 4.06. The molecule has 0 spiro atoms. The number of imidazole rings is 1. The van der Waals surface area contributed by atoms with Gasteiger partial charge in [-0.1, -0.05) is 39.5 Å². The van der Waals surface area contributed by atoms with Gasteiger partial charge in [0.2, 0.25) is 0 Å². The van der Waals surface area contributed by atoms with E-state index in [0.717, 1.165) is 25.6 Å². The zero-order valence-corrected chi connectivity index (χ0v) is 12.6. The fourth-order valence-corrected chi connectivity index (χ4v) is 3.01. The molecule has 0 amide bonds. The van der Waals surface area contributed by atoms with Crippen molar-refractivity contribution in [3.63, 3.8) is 0 Å². The lowest BCUT2D eigenvalue weighted by molar-refractivity contribution is 0.441. The number of nitrogens with zero attached hydrogens (tertiary/aromatic N) is 2. The van der Waals surface area contributed by atoms with Crippen LogP contribution in [0.15, 0.2) is 12.5 Å². The van der Waals surface area contributed by atoms with Gasteiger partial charge in [-0.2, -0.15) is 0 Å². The maximum absolute atomic E-state index is 4.29. The van der Waals surface area contributed by atoms with Gasteiger partial charge in [0.1, 0.15) is 0 Å². The molecule has 3 nitrogen and oxygen atoms in total. The Hall–Kier alpha value is -0.830. The second-order valence-electron chi connectivity index (χ2n) is 6.32. The highest BCUT2D eigenvalue weighted by Gasteiger charge is 2.11. The first-order valence-corrected chi connectivity index (χ1v) is 7.98. The van der Waals surface area contributed by atoms with E-state index < -0.39 is 0 Å². The van der Waals surface area contributed by atoms with Gasteiger partial charge in [0.25, 0.3) is 0 Å². The maximum Gasteiger partial charge on any atom is 0.0948 e. The van der Waals surface area contributed by atoms with Gasteiger partial charge in [-0.05, 0) is 25.2 Å². The Morgan fingerprint density at radius 2 is 2.00 bits per heavy atom. The summed E-state index contributed by atoms with van der Waals surface area (Å²) in [5.74, 6) is 0.699. The molecule has 1 aromatic heterocycles. The molecule has 0 bridgehead atoms. The van der Waals surface area contributed by atoms with E-state index in [0.29, 0.717) is 5.92 Å². The lowest BCUT2D eigenvalue weighted by Gasteiger charge is -2.17. The van der Waals surface area contributed by atoms with Crippen LogP contribution in [0.1, 0.15) is 58.1 Å². The average Bonchev–Trinajstić information content (AvgIpc) is 2.64. The fourth-order valence-electron chi connectivity index (χ4n) is 3.01. The van der Waals surface area contributed by atoms with Gasteiger partial charge in [0.05, 0.1) is 6.33 Å². The summed E-state index contributed by atoms with van der Waals surface area (Å²) in [7, 11) is 0. The average molecular weight is 263 g/mol. The summed E-state index contributed by atoms with van der Waals surface area (Å²) in [6.07, 6.45) is 13.5. The van der Waals surface area contributed by atoms with E-state index in [2.05, 4.69) is 28.7 Å². The fraction of sp³-hybridized carbons (Fsp3) is 0.812. The van der Waals surface area contributed by atoms with E-state index >= 15 is 0 Å². The highest BCUT2D eigenvalue weighted by molar-refractivity contribution is 4.99. The SMILES string of the molecule is CC(C)Cc1cncn1CCNC1CCCCCC1. The number of nitrogens with one attached hydrogen (secondary N) is 1. The first kappa shape index (κ1) is 14.6. The topological polar surface area (TPSA) is 29.9 Å². The van der Waals surface area contributed by atoms with Crippen LogP contribution < -0.4 is 5.32 Å². The zero-order chi connectivity index (χ0) is 13.5. The predicted octanol–water partition coefficient (Wildman–Crippen LogP) is 3.39. The summed E-state index contributed by atoms with van der Waals surface area (Å²) in [5, 5.41) is 3.73. The van der Waals surface area contributed by atoms with Crippen molar-refractivity contribution in [2.45, 2.75) is 71.4 Å². The van der Waals surface area contributed by atoms with Crippen molar-refractivity contribution in [2.24, 2.45) is 5.92 Å². The molecule has 1 heterocycles. The minimum atomic E-state index is 0.699. The van der Waals surface area contributed by atoms with Gasteiger partial charge in [-0.3, -0.25) is 0 Å². The van der Waals surface area contributed by atoms with Gasteiger partial charge < -0.3 is 9.88 Å². The Kier molecular flexibility index (Phi) is 5.90. The molecule has 1 aliphatic carbocycles. The molecule has 1 fully saturated rings. The van der Waals surface area contributed by atoms with Gasteiger partial charge in [0, 0.05) is 31.0 Å². The van der Waals surface area contributed by atoms with Gasteiger partial charge in [0.15, 0.2) is 0 Å². The second-order valence-corrected chi connectivity index (χ2v) is 6.32. The van der Waals surface area contributed by atoms with Crippen LogP contribution in [0.25, 0.3) is 0 Å². The van der Waals surface area contributed by atoms with Crippen molar-refractivity contribution >= 4 is 0 Å². The second kappa shape index (κ2) is 7.68. The predicted molar refractivity (Wildman–Crippen MR) is 80.3 cm³/mol. The third-order valence-electron chi connectivity index (χ3n) is 4.06. The summed E-state index contributed by atoms with van der Waals surface area (Å²) >= 11 is 0.